The largest absolute Gasteiger partial charge is 0.338 e. The van der Waals surface area contributed by atoms with Gasteiger partial charge in [-0.05, 0) is 55.7 Å². The average molecular weight is 473 g/mol. The Kier molecular flexibility index (Phi) is 7.39. The number of benzene rings is 2. The summed E-state index contributed by atoms with van der Waals surface area (Å²) < 4.78 is 40.7. The number of carbonyl (C=O) groups excluding carboxylic acids is 1. The molecule has 1 heterocycles. The maximum atomic E-state index is 13.4. The summed E-state index contributed by atoms with van der Waals surface area (Å²) in [5.74, 6) is -0.659. The summed E-state index contributed by atoms with van der Waals surface area (Å²) in [6.07, 6.45) is 0.825. The van der Waals surface area contributed by atoms with Gasteiger partial charge in [-0.1, -0.05) is 35.3 Å². The third-order valence-electron chi connectivity index (χ3n) is 5.27. The van der Waals surface area contributed by atoms with Crippen LogP contribution in [0.4, 0.5) is 4.39 Å². The molecule has 0 aliphatic carbocycles. The first-order chi connectivity index (χ1) is 14.2. The highest BCUT2D eigenvalue weighted by atomic mass is 35.5. The van der Waals surface area contributed by atoms with Crippen LogP contribution in [-0.2, 0) is 21.4 Å². The standard InChI is InChI=1S/C21H23Cl2FN2O3S/c1-2-25(14-15-4-3-5-18(24)12-15)21(27)16-8-10-26(11-9-16)30(28,29)20-13-17(22)6-7-19(20)23/h3-7,12-13,16H,2,8-11,14H2,1H3. The molecule has 5 nitrogen and oxygen atoms in total. The zero-order chi connectivity index (χ0) is 21.9. The van der Waals surface area contributed by atoms with Crippen LogP contribution in [0.5, 0.6) is 0 Å². The SMILES string of the molecule is CCN(Cc1cccc(F)c1)C(=O)C1CCN(S(=O)(=O)c2cc(Cl)ccc2Cl)CC1. The molecule has 0 saturated carbocycles. The monoisotopic (exact) mass is 472 g/mol. The number of carbonyl (C=O) groups is 1. The van der Waals surface area contributed by atoms with Crippen molar-refractivity contribution in [2.24, 2.45) is 5.92 Å². The minimum absolute atomic E-state index is 0.0252. The van der Waals surface area contributed by atoms with Crippen molar-refractivity contribution in [3.63, 3.8) is 0 Å². The third kappa shape index (κ3) is 5.14. The molecule has 9 heteroatoms. The highest BCUT2D eigenvalue weighted by Crippen LogP contribution is 2.31. The molecule has 3 rings (SSSR count). The Labute approximate surface area is 186 Å². The molecule has 30 heavy (non-hydrogen) atoms. The third-order valence-corrected chi connectivity index (χ3v) is 7.89. The molecule has 0 N–H and O–H groups in total. The molecular formula is C21H23Cl2FN2O3S. The van der Waals surface area contributed by atoms with E-state index in [4.69, 9.17) is 23.2 Å². The smallest absolute Gasteiger partial charge is 0.244 e. The molecule has 1 aliphatic heterocycles. The van der Waals surface area contributed by atoms with E-state index in [1.54, 1.807) is 17.0 Å². The highest BCUT2D eigenvalue weighted by molar-refractivity contribution is 7.89. The lowest BCUT2D eigenvalue weighted by molar-refractivity contribution is -0.137. The normalized spacial score (nSPS) is 15.9. The molecule has 0 unspecified atom stereocenters. The number of rotatable bonds is 6. The lowest BCUT2D eigenvalue weighted by Crippen LogP contribution is -2.44. The average Bonchev–Trinajstić information content (AvgIpc) is 2.73. The molecule has 0 aromatic heterocycles. The minimum atomic E-state index is -3.79. The van der Waals surface area contributed by atoms with E-state index in [1.807, 2.05) is 6.92 Å². The summed E-state index contributed by atoms with van der Waals surface area (Å²) >= 11 is 12.0. The van der Waals surface area contributed by atoms with Crippen LogP contribution < -0.4 is 0 Å². The summed E-state index contributed by atoms with van der Waals surface area (Å²) in [6.45, 7) is 3.13. The van der Waals surface area contributed by atoms with Crippen LogP contribution >= 0.6 is 23.2 Å². The van der Waals surface area contributed by atoms with Gasteiger partial charge in [0.2, 0.25) is 15.9 Å². The summed E-state index contributed by atoms with van der Waals surface area (Å²) in [6, 6.07) is 10.5. The fourth-order valence-corrected chi connectivity index (χ4v) is 5.82. The van der Waals surface area contributed by atoms with Gasteiger partial charge in [0.05, 0.1) is 5.02 Å². The Morgan fingerprint density at radius 3 is 2.50 bits per heavy atom. The second-order valence-corrected chi connectivity index (χ2v) is 9.99. The summed E-state index contributed by atoms with van der Waals surface area (Å²) in [5.41, 5.74) is 0.723. The number of sulfonamides is 1. The first-order valence-corrected chi connectivity index (χ1v) is 11.9. The van der Waals surface area contributed by atoms with E-state index in [1.165, 1.54) is 34.6 Å². The fourth-order valence-electron chi connectivity index (χ4n) is 3.62. The van der Waals surface area contributed by atoms with Gasteiger partial charge in [-0.15, -0.1) is 0 Å². The number of nitrogens with zero attached hydrogens (tertiary/aromatic N) is 2. The van der Waals surface area contributed by atoms with Crippen molar-refractivity contribution in [3.05, 3.63) is 63.9 Å². The first-order valence-electron chi connectivity index (χ1n) is 9.70. The van der Waals surface area contributed by atoms with Crippen molar-refractivity contribution in [1.29, 1.82) is 0 Å². The molecule has 2 aromatic carbocycles. The van der Waals surface area contributed by atoms with Crippen molar-refractivity contribution >= 4 is 39.1 Å². The maximum Gasteiger partial charge on any atom is 0.244 e. The topological polar surface area (TPSA) is 57.7 Å². The van der Waals surface area contributed by atoms with Crippen LogP contribution in [0.3, 0.4) is 0 Å². The number of piperidine rings is 1. The minimum Gasteiger partial charge on any atom is -0.338 e. The second kappa shape index (κ2) is 9.64. The van der Waals surface area contributed by atoms with Gasteiger partial charge in [0, 0.05) is 37.1 Å². The quantitative estimate of drug-likeness (QED) is 0.617. The molecule has 1 fully saturated rings. The van der Waals surface area contributed by atoms with Crippen molar-refractivity contribution in [2.45, 2.75) is 31.2 Å². The Bertz CT molecular complexity index is 1020. The molecule has 1 saturated heterocycles. The van der Waals surface area contributed by atoms with Gasteiger partial charge in [-0.2, -0.15) is 4.31 Å². The van der Waals surface area contributed by atoms with E-state index in [9.17, 15) is 17.6 Å². The van der Waals surface area contributed by atoms with Gasteiger partial charge in [0.15, 0.2) is 0 Å². The van der Waals surface area contributed by atoms with Crippen molar-refractivity contribution < 1.29 is 17.6 Å². The van der Waals surface area contributed by atoms with Gasteiger partial charge in [0.1, 0.15) is 10.7 Å². The Morgan fingerprint density at radius 2 is 1.87 bits per heavy atom. The Morgan fingerprint density at radius 1 is 1.17 bits per heavy atom. The van der Waals surface area contributed by atoms with Crippen LogP contribution in [0, 0.1) is 11.7 Å². The van der Waals surface area contributed by atoms with Gasteiger partial charge in [0.25, 0.3) is 0 Å². The zero-order valence-electron chi connectivity index (χ0n) is 16.5. The van der Waals surface area contributed by atoms with Crippen LogP contribution in [0.15, 0.2) is 47.4 Å². The molecule has 0 atom stereocenters. The molecule has 0 spiro atoms. The molecular weight excluding hydrogens is 450 g/mol. The first kappa shape index (κ1) is 23.0. The maximum absolute atomic E-state index is 13.4. The summed E-state index contributed by atoms with van der Waals surface area (Å²) in [7, 11) is -3.79. The number of halogens is 3. The van der Waals surface area contributed by atoms with Crippen LogP contribution in [-0.4, -0.2) is 43.2 Å². The predicted molar refractivity (Wildman–Crippen MR) is 115 cm³/mol. The van der Waals surface area contributed by atoms with E-state index in [0.29, 0.717) is 31.0 Å². The van der Waals surface area contributed by atoms with Crippen molar-refractivity contribution in [2.75, 3.05) is 19.6 Å². The zero-order valence-corrected chi connectivity index (χ0v) is 18.9. The number of hydrogen-bond donors (Lipinski definition) is 0. The van der Waals surface area contributed by atoms with Crippen LogP contribution in [0.1, 0.15) is 25.3 Å². The van der Waals surface area contributed by atoms with Crippen molar-refractivity contribution in [3.8, 4) is 0 Å². The van der Waals surface area contributed by atoms with Gasteiger partial charge in [-0.25, -0.2) is 12.8 Å². The van der Waals surface area contributed by atoms with E-state index in [2.05, 4.69) is 0 Å². The summed E-state index contributed by atoms with van der Waals surface area (Å²) in [4.78, 5) is 14.6. The Balaban J connectivity index is 1.66. The second-order valence-electron chi connectivity index (χ2n) is 7.24. The molecule has 0 bridgehead atoms. The number of amides is 1. The molecule has 2 aromatic rings. The molecule has 1 aliphatic rings. The van der Waals surface area contributed by atoms with E-state index >= 15 is 0 Å². The van der Waals surface area contributed by atoms with E-state index in [0.717, 1.165) is 5.56 Å². The van der Waals surface area contributed by atoms with Gasteiger partial charge >= 0.3 is 0 Å². The number of hydrogen-bond acceptors (Lipinski definition) is 3. The lowest BCUT2D eigenvalue weighted by atomic mass is 9.96. The molecule has 0 radical (unpaired) electrons. The van der Waals surface area contributed by atoms with E-state index in [-0.39, 0.29) is 40.6 Å². The lowest BCUT2D eigenvalue weighted by Gasteiger charge is -2.33. The molecule has 1 amide bonds. The summed E-state index contributed by atoms with van der Waals surface area (Å²) in [5, 5.41) is 0.406. The fraction of sp³-hybridized carbons (Fsp3) is 0.381. The predicted octanol–water partition coefficient (Wildman–Crippen LogP) is 4.58. The Hall–Kier alpha value is -1.67. The van der Waals surface area contributed by atoms with Crippen LogP contribution in [0.25, 0.3) is 0 Å². The van der Waals surface area contributed by atoms with Gasteiger partial charge in [-0.3, -0.25) is 4.79 Å². The molecule has 162 valence electrons. The van der Waals surface area contributed by atoms with Gasteiger partial charge < -0.3 is 4.90 Å². The highest BCUT2D eigenvalue weighted by Gasteiger charge is 2.34. The van der Waals surface area contributed by atoms with Crippen LogP contribution in [0.2, 0.25) is 10.0 Å². The van der Waals surface area contributed by atoms with Crippen molar-refractivity contribution in [1.82, 2.24) is 9.21 Å². The van der Waals surface area contributed by atoms with E-state index < -0.39 is 10.0 Å².